The van der Waals surface area contributed by atoms with Crippen molar-refractivity contribution >= 4 is 11.9 Å². The van der Waals surface area contributed by atoms with Gasteiger partial charge in [0.05, 0.1) is 5.69 Å². The van der Waals surface area contributed by atoms with E-state index in [-0.39, 0.29) is 17.5 Å². The van der Waals surface area contributed by atoms with Gasteiger partial charge in [-0.1, -0.05) is 32.4 Å². The normalized spacial score (nSPS) is 12.4. The molecule has 2 N–H and O–H groups in total. The Morgan fingerprint density at radius 3 is 2.50 bits per heavy atom. The van der Waals surface area contributed by atoms with Crippen LogP contribution in [0.25, 0.3) is 0 Å². The summed E-state index contributed by atoms with van der Waals surface area (Å²) >= 11 is 0. The Hall–Kier alpha value is -1.92. The molecule has 1 rings (SSSR count). The molecule has 1 unspecified atom stereocenters. The highest BCUT2D eigenvalue weighted by Gasteiger charge is 2.26. The summed E-state index contributed by atoms with van der Waals surface area (Å²) in [7, 11) is 0. The van der Waals surface area contributed by atoms with Gasteiger partial charge in [0.15, 0.2) is 5.69 Å². The molecular weight excluding hydrogens is 260 g/mol. The third-order valence-corrected chi connectivity index (χ3v) is 3.06. The second kappa shape index (κ2) is 7.02. The minimum Gasteiger partial charge on any atom is -0.476 e. The van der Waals surface area contributed by atoms with E-state index >= 15 is 0 Å². The molecule has 1 atom stereocenters. The molecule has 1 amide bonds. The number of hydrogen-bond acceptors (Lipinski definition) is 4. The molecule has 0 aromatic carbocycles. The smallest absolute Gasteiger partial charge is 0.358 e. The summed E-state index contributed by atoms with van der Waals surface area (Å²) in [6, 6.07) is -0.579. The van der Waals surface area contributed by atoms with E-state index < -0.39 is 12.0 Å². The number of rotatable bonds is 7. The molecule has 0 aliphatic heterocycles. The average Bonchev–Trinajstić information content (AvgIpc) is 2.82. The molecule has 7 heteroatoms. The summed E-state index contributed by atoms with van der Waals surface area (Å²) in [4.78, 5) is 23.2. The highest BCUT2D eigenvalue weighted by molar-refractivity contribution is 5.87. The summed E-state index contributed by atoms with van der Waals surface area (Å²) in [5, 5.41) is 19.4. The van der Waals surface area contributed by atoms with Gasteiger partial charge in [0.1, 0.15) is 6.04 Å². The number of amides is 1. The Morgan fingerprint density at radius 1 is 1.35 bits per heavy atom. The van der Waals surface area contributed by atoms with Crippen molar-refractivity contribution in [3.63, 3.8) is 0 Å². The quantitative estimate of drug-likeness (QED) is 0.740. The first-order valence-corrected chi connectivity index (χ1v) is 6.86. The molecule has 0 radical (unpaired) electrons. The predicted molar refractivity (Wildman–Crippen MR) is 73.7 cm³/mol. The van der Waals surface area contributed by atoms with E-state index in [0.29, 0.717) is 12.2 Å². The molecular formula is C13H22N4O3. The van der Waals surface area contributed by atoms with E-state index in [0.717, 1.165) is 12.8 Å². The van der Waals surface area contributed by atoms with Crippen LogP contribution in [0.3, 0.4) is 0 Å². The molecule has 0 bridgehead atoms. The number of carbonyl (C=O) groups excluding carboxylic acids is 1. The van der Waals surface area contributed by atoms with Gasteiger partial charge in [-0.2, -0.15) is 0 Å². The van der Waals surface area contributed by atoms with Crippen molar-refractivity contribution in [3.05, 3.63) is 11.4 Å². The first kappa shape index (κ1) is 16.1. The van der Waals surface area contributed by atoms with Gasteiger partial charge in [0.2, 0.25) is 5.91 Å². The van der Waals surface area contributed by atoms with Crippen LogP contribution in [-0.2, 0) is 4.79 Å². The minimum absolute atomic E-state index is 0.0815. The summed E-state index contributed by atoms with van der Waals surface area (Å²) in [6.07, 6.45) is 1.91. The molecule has 0 saturated carbocycles. The molecule has 1 aromatic rings. The number of carbonyl (C=O) groups is 2. The number of carboxylic acids is 1. The van der Waals surface area contributed by atoms with Gasteiger partial charge >= 0.3 is 5.97 Å². The Kier molecular flexibility index (Phi) is 5.66. The number of aromatic nitrogens is 3. The van der Waals surface area contributed by atoms with Crippen molar-refractivity contribution in [2.45, 2.75) is 52.5 Å². The summed E-state index contributed by atoms with van der Waals surface area (Å²) in [6.45, 7) is 8.04. The Labute approximate surface area is 118 Å². The average molecular weight is 282 g/mol. The molecule has 0 aliphatic rings. The van der Waals surface area contributed by atoms with Crippen LogP contribution < -0.4 is 5.32 Å². The summed E-state index contributed by atoms with van der Waals surface area (Å²) in [5.74, 6) is -1.39. The summed E-state index contributed by atoms with van der Waals surface area (Å²) < 4.78 is 1.40. The fraction of sp³-hybridized carbons (Fsp3) is 0.692. The van der Waals surface area contributed by atoms with Crippen molar-refractivity contribution < 1.29 is 14.7 Å². The highest BCUT2D eigenvalue weighted by Crippen LogP contribution is 2.21. The van der Waals surface area contributed by atoms with E-state index in [4.69, 9.17) is 5.11 Å². The molecule has 7 nitrogen and oxygen atoms in total. The zero-order chi connectivity index (χ0) is 15.3. The van der Waals surface area contributed by atoms with Crippen LogP contribution in [0.15, 0.2) is 0 Å². The Bertz CT molecular complexity index is 482. The molecule has 20 heavy (non-hydrogen) atoms. The van der Waals surface area contributed by atoms with Crippen molar-refractivity contribution in [1.29, 1.82) is 0 Å². The van der Waals surface area contributed by atoms with Gasteiger partial charge in [-0.3, -0.25) is 4.79 Å². The zero-order valence-corrected chi connectivity index (χ0v) is 12.4. The number of nitrogens with one attached hydrogen (secondary N) is 1. The van der Waals surface area contributed by atoms with E-state index in [9.17, 15) is 9.59 Å². The van der Waals surface area contributed by atoms with Gasteiger partial charge in [-0.05, 0) is 19.3 Å². The first-order valence-electron chi connectivity index (χ1n) is 6.86. The molecule has 0 spiro atoms. The van der Waals surface area contributed by atoms with Crippen LogP contribution in [-0.4, -0.2) is 38.5 Å². The topological polar surface area (TPSA) is 97.1 Å². The number of nitrogens with zero attached hydrogens (tertiary/aromatic N) is 3. The van der Waals surface area contributed by atoms with Gasteiger partial charge in [-0.25, -0.2) is 9.48 Å². The van der Waals surface area contributed by atoms with Crippen LogP contribution in [0.2, 0.25) is 0 Å². The molecule has 112 valence electrons. The third kappa shape index (κ3) is 3.55. The van der Waals surface area contributed by atoms with Crippen LogP contribution in [0.4, 0.5) is 0 Å². The molecule has 0 fully saturated rings. The number of aromatic carboxylic acids is 1. The Balaban J connectivity index is 2.95. The molecule has 0 saturated heterocycles. The number of hydrogen-bond donors (Lipinski definition) is 2. The second-order valence-electron chi connectivity index (χ2n) is 5.05. The second-order valence-corrected chi connectivity index (χ2v) is 5.05. The van der Waals surface area contributed by atoms with Crippen molar-refractivity contribution in [1.82, 2.24) is 20.3 Å². The maximum absolute atomic E-state index is 12.0. The van der Waals surface area contributed by atoms with E-state index in [2.05, 4.69) is 15.6 Å². The monoisotopic (exact) mass is 282 g/mol. The number of unbranched alkanes of at least 4 members (excludes halogenated alkanes) is 1. The lowest BCUT2D eigenvalue weighted by Crippen LogP contribution is -2.33. The van der Waals surface area contributed by atoms with Gasteiger partial charge in [0.25, 0.3) is 0 Å². The van der Waals surface area contributed by atoms with Crippen molar-refractivity contribution in [2.24, 2.45) is 0 Å². The fourth-order valence-electron chi connectivity index (χ4n) is 1.92. The first-order chi connectivity index (χ1) is 9.40. The van der Waals surface area contributed by atoms with E-state index in [1.165, 1.54) is 4.68 Å². The maximum atomic E-state index is 12.0. The van der Waals surface area contributed by atoms with E-state index in [1.807, 2.05) is 20.8 Å². The van der Waals surface area contributed by atoms with Crippen LogP contribution >= 0.6 is 0 Å². The standard InChI is InChI=1S/C13H22N4O3/c1-5-6-7-14-12(18)9(4)17-11(8(2)3)10(13(19)20)15-16-17/h8-9H,5-7H2,1-4H3,(H,14,18)(H,19,20). The zero-order valence-electron chi connectivity index (χ0n) is 12.4. The van der Waals surface area contributed by atoms with Gasteiger partial charge < -0.3 is 10.4 Å². The largest absolute Gasteiger partial charge is 0.476 e. The molecule has 1 aromatic heterocycles. The van der Waals surface area contributed by atoms with Crippen LogP contribution in [0.5, 0.6) is 0 Å². The van der Waals surface area contributed by atoms with Crippen LogP contribution in [0.1, 0.15) is 68.7 Å². The van der Waals surface area contributed by atoms with Crippen LogP contribution in [0, 0.1) is 0 Å². The minimum atomic E-state index is -1.13. The highest BCUT2D eigenvalue weighted by atomic mass is 16.4. The van der Waals surface area contributed by atoms with Crippen molar-refractivity contribution in [2.75, 3.05) is 6.54 Å². The number of carboxylic acid groups (broad SMARTS) is 1. The van der Waals surface area contributed by atoms with Gasteiger partial charge in [-0.15, -0.1) is 5.10 Å². The summed E-state index contributed by atoms with van der Waals surface area (Å²) in [5.41, 5.74) is 0.379. The molecule has 1 heterocycles. The lowest BCUT2D eigenvalue weighted by molar-refractivity contribution is -0.124. The lowest BCUT2D eigenvalue weighted by atomic mass is 10.1. The maximum Gasteiger partial charge on any atom is 0.358 e. The van der Waals surface area contributed by atoms with Gasteiger partial charge in [0, 0.05) is 6.54 Å². The predicted octanol–water partition coefficient (Wildman–Crippen LogP) is 1.58. The Morgan fingerprint density at radius 2 is 2.00 bits per heavy atom. The third-order valence-electron chi connectivity index (χ3n) is 3.06. The van der Waals surface area contributed by atoms with E-state index in [1.54, 1.807) is 6.92 Å². The lowest BCUT2D eigenvalue weighted by Gasteiger charge is -2.16. The molecule has 0 aliphatic carbocycles. The fourth-order valence-corrected chi connectivity index (χ4v) is 1.92. The SMILES string of the molecule is CCCCNC(=O)C(C)n1nnc(C(=O)O)c1C(C)C. The van der Waals surface area contributed by atoms with Crippen molar-refractivity contribution in [3.8, 4) is 0 Å².